The monoisotopic (exact) mass is 286 g/mol. The van der Waals surface area contributed by atoms with Gasteiger partial charge < -0.3 is 15.3 Å². The van der Waals surface area contributed by atoms with E-state index in [1.807, 2.05) is 29.2 Å². The van der Waals surface area contributed by atoms with Gasteiger partial charge in [-0.05, 0) is 18.1 Å². The van der Waals surface area contributed by atoms with Gasteiger partial charge in [-0.3, -0.25) is 0 Å². The predicted octanol–water partition coefficient (Wildman–Crippen LogP) is 2.30. The molecule has 0 aliphatic carbocycles. The first-order valence-electron chi connectivity index (χ1n) is 7.30. The third-order valence-electron chi connectivity index (χ3n) is 3.08. The Kier molecular flexibility index (Phi) is 5.97. The highest BCUT2D eigenvalue weighted by Gasteiger charge is 2.09. The maximum atomic E-state index is 9.29. The van der Waals surface area contributed by atoms with E-state index >= 15 is 0 Å². The molecule has 112 valence electrons. The van der Waals surface area contributed by atoms with Crippen molar-refractivity contribution in [3.05, 3.63) is 48.2 Å². The van der Waals surface area contributed by atoms with E-state index in [0.29, 0.717) is 19.0 Å². The number of hydrogen-bond acceptors (Lipinski definition) is 5. The molecule has 0 aliphatic heterocycles. The predicted molar refractivity (Wildman–Crippen MR) is 85.4 cm³/mol. The van der Waals surface area contributed by atoms with Gasteiger partial charge in [-0.25, -0.2) is 4.98 Å². The van der Waals surface area contributed by atoms with Crippen molar-refractivity contribution in [1.82, 2.24) is 9.97 Å². The third-order valence-corrected chi connectivity index (χ3v) is 3.08. The number of nitrogens with zero attached hydrogens (tertiary/aromatic N) is 3. The zero-order valence-corrected chi connectivity index (χ0v) is 12.4. The summed E-state index contributed by atoms with van der Waals surface area (Å²) in [6, 6.07) is 12.0. The summed E-state index contributed by atoms with van der Waals surface area (Å²) >= 11 is 0. The second kappa shape index (κ2) is 8.21. The zero-order valence-electron chi connectivity index (χ0n) is 12.4. The van der Waals surface area contributed by atoms with Crippen LogP contribution in [-0.4, -0.2) is 34.8 Å². The minimum atomic E-state index is 0.0918. The first kappa shape index (κ1) is 15.3. The number of nitrogens with one attached hydrogen (secondary N) is 1. The number of rotatable bonds is 8. The largest absolute Gasteiger partial charge is 0.395 e. The second-order valence-corrected chi connectivity index (χ2v) is 4.80. The van der Waals surface area contributed by atoms with Crippen LogP contribution < -0.4 is 10.2 Å². The molecule has 0 unspecified atom stereocenters. The molecule has 0 saturated heterocycles. The van der Waals surface area contributed by atoms with Crippen molar-refractivity contribution in [3.63, 3.8) is 0 Å². The Labute approximate surface area is 125 Å². The number of hydrogen-bond donors (Lipinski definition) is 2. The van der Waals surface area contributed by atoms with Crippen molar-refractivity contribution in [2.24, 2.45) is 0 Å². The van der Waals surface area contributed by atoms with Gasteiger partial charge in [0, 0.05) is 25.8 Å². The van der Waals surface area contributed by atoms with Crippen LogP contribution >= 0.6 is 0 Å². The van der Waals surface area contributed by atoms with E-state index in [0.717, 1.165) is 18.8 Å². The molecule has 2 aromatic rings. The van der Waals surface area contributed by atoms with Gasteiger partial charge in [0.05, 0.1) is 6.61 Å². The van der Waals surface area contributed by atoms with Crippen molar-refractivity contribution < 1.29 is 5.11 Å². The minimum absolute atomic E-state index is 0.0918. The summed E-state index contributed by atoms with van der Waals surface area (Å²) in [4.78, 5) is 10.8. The van der Waals surface area contributed by atoms with Crippen LogP contribution in [0.3, 0.4) is 0 Å². The minimum Gasteiger partial charge on any atom is -0.395 e. The molecule has 2 N–H and O–H groups in total. The molecular formula is C16H22N4O. The first-order valence-corrected chi connectivity index (χ1v) is 7.30. The Hall–Kier alpha value is -2.14. The quantitative estimate of drug-likeness (QED) is 0.779. The molecule has 0 saturated carbocycles. The lowest BCUT2D eigenvalue weighted by atomic mass is 10.2. The van der Waals surface area contributed by atoms with Crippen LogP contribution in [0.15, 0.2) is 42.6 Å². The van der Waals surface area contributed by atoms with Gasteiger partial charge in [0.2, 0.25) is 5.95 Å². The van der Waals surface area contributed by atoms with E-state index in [-0.39, 0.29) is 6.61 Å². The molecule has 1 aromatic heterocycles. The number of benzene rings is 1. The molecule has 5 nitrogen and oxygen atoms in total. The molecule has 1 heterocycles. The molecule has 21 heavy (non-hydrogen) atoms. The molecule has 0 fully saturated rings. The smallest absolute Gasteiger partial charge is 0.224 e. The molecule has 0 amide bonds. The van der Waals surface area contributed by atoms with E-state index in [9.17, 15) is 5.11 Å². The topological polar surface area (TPSA) is 61.3 Å². The van der Waals surface area contributed by atoms with Gasteiger partial charge >= 0.3 is 0 Å². The third kappa shape index (κ3) is 4.72. The summed E-state index contributed by atoms with van der Waals surface area (Å²) in [7, 11) is 0. The molecule has 0 aliphatic rings. The van der Waals surface area contributed by atoms with Gasteiger partial charge in [-0.2, -0.15) is 4.98 Å². The van der Waals surface area contributed by atoms with Crippen LogP contribution in [0.1, 0.15) is 18.9 Å². The summed E-state index contributed by atoms with van der Waals surface area (Å²) in [6.07, 6.45) is 2.77. The molecule has 5 heteroatoms. The van der Waals surface area contributed by atoms with Gasteiger partial charge in [-0.15, -0.1) is 0 Å². The normalized spacial score (nSPS) is 10.4. The fourth-order valence-corrected chi connectivity index (χ4v) is 2.05. The van der Waals surface area contributed by atoms with E-state index in [4.69, 9.17) is 0 Å². The van der Waals surface area contributed by atoms with E-state index in [1.54, 1.807) is 6.20 Å². The van der Waals surface area contributed by atoms with Crippen LogP contribution in [-0.2, 0) is 6.54 Å². The molecule has 0 atom stereocenters. The van der Waals surface area contributed by atoms with Gasteiger partial charge in [0.25, 0.3) is 0 Å². The lowest BCUT2D eigenvalue weighted by molar-refractivity contribution is 0.301. The molecule has 1 aromatic carbocycles. The fourth-order valence-electron chi connectivity index (χ4n) is 2.05. The van der Waals surface area contributed by atoms with Crippen molar-refractivity contribution >= 4 is 11.8 Å². The van der Waals surface area contributed by atoms with Gasteiger partial charge in [0.15, 0.2) is 0 Å². The average molecular weight is 286 g/mol. The van der Waals surface area contributed by atoms with Crippen LogP contribution in [0.4, 0.5) is 11.8 Å². The highest BCUT2D eigenvalue weighted by molar-refractivity contribution is 5.43. The maximum absolute atomic E-state index is 9.29. The lowest BCUT2D eigenvalue weighted by Crippen LogP contribution is -2.27. The van der Waals surface area contributed by atoms with Crippen molar-refractivity contribution in [2.45, 2.75) is 19.9 Å². The molecular weight excluding hydrogens is 264 g/mol. The number of anilines is 2. The van der Waals surface area contributed by atoms with Crippen molar-refractivity contribution in [3.8, 4) is 0 Å². The van der Waals surface area contributed by atoms with Crippen LogP contribution in [0.5, 0.6) is 0 Å². The SMILES string of the molecule is CCCNc1nccc(N(CCO)Cc2ccccc2)n1. The number of aliphatic hydroxyl groups is 1. The van der Waals surface area contributed by atoms with Crippen molar-refractivity contribution in [2.75, 3.05) is 29.9 Å². The Morgan fingerprint density at radius 1 is 1.19 bits per heavy atom. The Morgan fingerprint density at radius 2 is 2.00 bits per heavy atom. The van der Waals surface area contributed by atoms with Gasteiger partial charge in [0.1, 0.15) is 5.82 Å². The Bertz CT molecular complexity index is 533. The number of aromatic nitrogens is 2. The van der Waals surface area contributed by atoms with Crippen molar-refractivity contribution in [1.29, 1.82) is 0 Å². The highest BCUT2D eigenvalue weighted by atomic mass is 16.3. The Morgan fingerprint density at radius 3 is 2.71 bits per heavy atom. The molecule has 0 bridgehead atoms. The molecule has 2 rings (SSSR count). The number of aliphatic hydroxyl groups excluding tert-OH is 1. The second-order valence-electron chi connectivity index (χ2n) is 4.80. The lowest BCUT2D eigenvalue weighted by Gasteiger charge is -2.23. The molecule has 0 radical (unpaired) electrons. The summed E-state index contributed by atoms with van der Waals surface area (Å²) in [6.45, 7) is 4.30. The van der Waals surface area contributed by atoms with E-state index in [2.05, 4.69) is 34.3 Å². The van der Waals surface area contributed by atoms with E-state index in [1.165, 1.54) is 5.56 Å². The standard InChI is InChI=1S/C16H22N4O/c1-2-9-17-16-18-10-8-15(19-16)20(11-12-21)13-14-6-4-3-5-7-14/h3-8,10,21H,2,9,11-13H2,1H3,(H,17,18,19). The van der Waals surface area contributed by atoms with E-state index < -0.39 is 0 Å². The maximum Gasteiger partial charge on any atom is 0.224 e. The fraction of sp³-hybridized carbons (Fsp3) is 0.375. The zero-order chi connectivity index (χ0) is 14.9. The first-order chi connectivity index (χ1) is 10.3. The van der Waals surface area contributed by atoms with Crippen LogP contribution in [0, 0.1) is 0 Å². The van der Waals surface area contributed by atoms with Crippen LogP contribution in [0.2, 0.25) is 0 Å². The van der Waals surface area contributed by atoms with Crippen LogP contribution in [0.25, 0.3) is 0 Å². The summed E-state index contributed by atoms with van der Waals surface area (Å²) in [5.74, 6) is 1.45. The van der Waals surface area contributed by atoms with Gasteiger partial charge in [-0.1, -0.05) is 37.3 Å². The summed E-state index contributed by atoms with van der Waals surface area (Å²) in [5.41, 5.74) is 1.19. The summed E-state index contributed by atoms with van der Waals surface area (Å²) in [5, 5.41) is 12.5. The molecule has 0 spiro atoms. The summed E-state index contributed by atoms with van der Waals surface area (Å²) < 4.78 is 0. The highest BCUT2D eigenvalue weighted by Crippen LogP contribution is 2.15. The Balaban J connectivity index is 2.13. The average Bonchev–Trinajstić information content (AvgIpc) is 2.54.